The zero-order valence-electron chi connectivity index (χ0n) is 14.5. The van der Waals surface area contributed by atoms with E-state index in [0.717, 1.165) is 24.8 Å². The molecule has 0 bridgehead atoms. The van der Waals surface area contributed by atoms with Crippen LogP contribution in [0.15, 0.2) is 30.3 Å². The van der Waals surface area contributed by atoms with Crippen molar-refractivity contribution in [3.05, 3.63) is 35.9 Å². The van der Waals surface area contributed by atoms with Gasteiger partial charge in [0.1, 0.15) is 12.6 Å². The summed E-state index contributed by atoms with van der Waals surface area (Å²) in [4.78, 5) is 23.1. The number of hydrogen-bond acceptors (Lipinski definition) is 3. The molecule has 1 rings (SSSR count). The average molecular weight is 335 g/mol. The quantitative estimate of drug-likeness (QED) is 0.541. The van der Waals surface area contributed by atoms with Crippen LogP contribution in [-0.2, 0) is 20.9 Å². The minimum atomic E-state index is -0.986. The zero-order valence-corrected chi connectivity index (χ0v) is 14.5. The first-order valence-corrected chi connectivity index (χ1v) is 8.77. The number of amides is 1. The third-order valence-corrected chi connectivity index (χ3v) is 3.82. The molecule has 2 N–H and O–H groups in total. The molecule has 0 aliphatic rings. The Labute approximate surface area is 144 Å². The minimum absolute atomic E-state index is 0.130. The molecule has 0 aliphatic heterocycles. The highest BCUT2D eigenvalue weighted by molar-refractivity contribution is 5.84. The summed E-state index contributed by atoms with van der Waals surface area (Å²) in [5.74, 6) is -1.37. The van der Waals surface area contributed by atoms with E-state index in [2.05, 4.69) is 12.2 Å². The normalized spacial score (nSPS) is 11.9. The molecule has 0 heterocycles. The van der Waals surface area contributed by atoms with E-state index < -0.39 is 12.0 Å². The van der Waals surface area contributed by atoms with Crippen LogP contribution in [0.4, 0.5) is 0 Å². The lowest BCUT2D eigenvalue weighted by Gasteiger charge is -2.14. The van der Waals surface area contributed by atoms with Gasteiger partial charge in [0.25, 0.3) is 0 Å². The van der Waals surface area contributed by atoms with Gasteiger partial charge in [-0.2, -0.15) is 0 Å². The van der Waals surface area contributed by atoms with Crippen molar-refractivity contribution in [2.24, 2.45) is 0 Å². The Morgan fingerprint density at radius 1 is 1.08 bits per heavy atom. The van der Waals surface area contributed by atoms with Crippen molar-refractivity contribution in [3.63, 3.8) is 0 Å². The standard InChI is InChI=1S/C19H29NO4/c1-2-3-4-5-6-10-13-17(19(22)23)20-18(21)15-24-14-16-11-8-7-9-12-16/h7-9,11-12,17H,2-6,10,13-15H2,1H3,(H,20,21)(H,22,23)/t17-/m0/s1. The summed E-state index contributed by atoms with van der Waals surface area (Å²) in [6, 6.07) is 8.71. The van der Waals surface area contributed by atoms with Crippen molar-refractivity contribution in [2.45, 2.75) is 64.5 Å². The van der Waals surface area contributed by atoms with Crippen LogP contribution in [0, 0.1) is 0 Å². The number of benzene rings is 1. The Kier molecular flexibility index (Phi) is 10.5. The Hall–Kier alpha value is -1.88. The van der Waals surface area contributed by atoms with E-state index in [4.69, 9.17) is 4.74 Å². The second-order valence-corrected chi connectivity index (χ2v) is 5.99. The maximum atomic E-state index is 11.8. The molecule has 1 aromatic carbocycles. The summed E-state index contributed by atoms with van der Waals surface area (Å²) in [6.45, 7) is 2.37. The second kappa shape index (κ2) is 12.5. The van der Waals surface area contributed by atoms with Gasteiger partial charge >= 0.3 is 5.97 Å². The zero-order chi connectivity index (χ0) is 17.6. The molecule has 0 aromatic heterocycles. The highest BCUT2D eigenvalue weighted by atomic mass is 16.5. The van der Waals surface area contributed by atoms with Crippen molar-refractivity contribution in [3.8, 4) is 0 Å². The maximum Gasteiger partial charge on any atom is 0.326 e. The summed E-state index contributed by atoms with van der Waals surface area (Å²) in [7, 11) is 0. The Bertz CT molecular complexity index is 476. The number of carboxylic acid groups (broad SMARTS) is 1. The summed E-state index contributed by atoms with van der Waals surface area (Å²) < 4.78 is 5.33. The molecule has 0 unspecified atom stereocenters. The number of aliphatic carboxylic acids is 1. The van der Waals surface area contributed by atoms with Gasteiger partial charge in [0.05, 0.1) is 6.61 Å². The van der Waals surface area contributed by atoms with Gasteiger partial charge in [-0.3, -0.25) is 4.79 Å². The molecule has 134 valence electrons. The number of ether oxygens (including phenoxy) is 1. The smallest absolute Gasteiger partial charge is 0.326 e. The molecular weight excluding hydrogens is 306 g/mol. The lowest BCUT2D eigenvalue weighted by Crippen LogP contribution is -2.42. The van der Waals surface area contributed by atoms with Crippen molar-refractivity contribution >= 4 is 11.9 Å². The Morgan fingerprint density at radius 2 is 1.75 bits per heavy atom. The molecule has 0 saturated carbocycles. The number of carbonyl (C=O) groups is 2. The van der Waals surface area contributed by atoms with Gasteiger partial charge in [0.15, 0.2) is 0 Å². The molecule has 0 fully saturated rings. The van der Waals surface area contributed by atoms with Crippen molar-refractivity contribution in [1.82, 2.24) is 5.32 Å². The van der Waals surface area contributed by atoms with Gasteiger partial charge in [0.2, 0.25) is 5.91 Å². The molecule has 0 radical (unpaired) electrons. The minimum Gasteiger partial charge on any atom is -0.480 e. The van der Waals surface area contributed by atoms with Crippen LogP contribution in [0.1, 0.15) is 57.4 Å². The van der Waals surface area contributed by atoms with Crippen LogP contribution < -0.4 is 5.32 Å². The first kappa shape index (κ1) is 20.2. The number of nitrogens with one attached hydrogen (secondary N) is 1. The molecule has 0 saturated heterocycles. The Morgan fingerprint density at radius 3 is 2.42 bits per heavy atom. The summed E-state index contributed by atoms with van der Waals surface area (Å²) >= 11 is 0. The van der Waals surface area contributed by atoms with Crippen LogP contribution in [0.3, 0.4) is 0 Å². The van der Waals surface area contributed by atoms with E-state index in [-0.39, 0.29) is 12.5 Å². The average Bonchev–Trinajstić information content (AvgIpc) is 2.57. The van der Waals surface area contributed by atoms with E-state index in [1.54, 1.807) is 0 Å². The molecule has 1 aromatic rings. The third kappa shape index (κ3) is 9.30. The second-order valence-electron chi connectivity index (χ2n) is 5.99. The topological polar surface area (TPSA) is 75.6 Å². The fraction of sp³-hybridized carbons (Fsp3) is 0.579. The van der Waals surface area contributed by atoms with E-state index >= 15 is 0 Å². The molecule has 5 heteroatoms. The molecule has 0 aliphatic carbocycles. The molecule has 24 heavy (non-hydrogen) atoms. The van der Waals surface area contributed by atoms with Crippen LogP contribution in [-0.4, -0.2) is 29.6 Å². The number of carboxylic acids is 1. The monoisotopic (exact) mass is 335 g/mol. The van der Waals surface area contributed by atoms with Gasteiger partial charge in [-0.1, -0.05) is 75.8 Å². The van der Waals surface area contributed by atoms with Crippen LogP contribution >= 0.6 is 0 Å². The SMILES string of the molecule is CCCCCCCC[C@H](NC(=O)COCc1ccccc1)C(=O)O. The van der Waals surface area contributed by atoms with E-state index in [1.165, 1.54) is 19.3 Å². The van der Waals surface area contributed by atoms with Crippen LogP contribution in [0.2, 0.25) is 0 Å². The fourth-order valence-corrected chi connectivity index (χ4v) is 2.46. The number of hydrogen-bond donors (Lipinski definition) is 2. The van der Waals surface area contributed by atoms with Crippen molar-refractivity contribution in [1.29, 1.82) is 0 Å². The van der Waals surface area contributed by atoms with Crippen LogP contribution in [0.25, 0.3) is 0 Å². The number of unbranched alkanes of at least 4 members (excludes halogenated alkanes) is 5. The van der Waals surface area contributed by atoms with Gasteiger partial charge in [-0.15, -0.1) is 0 Å². The van der Waals surface area contributed by atoms with Gasteiger partial charge < -0.3 is 15.2 Å². The number of rotatable bonds is 13. The van der Waals surface area contributed by atoms with Gasteiger partial charge in [-0.25, -0.2) is 4.79 Å². The molecule has 0 spiro atoms. The highest BCUT2D eigenvalue weighted by Gasteiger charge is 2.19. The van der Waals surface area contributed by atoms with E-state index in [0.29, 0.717) is 13.0 Å². The predicted octanol–water partition coefficient (Wildman–Crippen LogP) is 3.52. The molecule has 5 nitrogen and oxygen atoms in total. The Balaban J connectivity index is 2.21. The molecule has 1 atom stereocenters. The third-order valence-electron chi connectivity index (χ3n) is 3.82. The van der Waals surface area contributed by atoms with Crippen LogP contribution in [0.5, 0.6) is 0 Å². The van der Waals surface area contributed by atoms with E-state index in [1.807, 2.05) is 30.3 Å². The maximum absolute atomic E-state index is 11.8. The van der Waals surface area contributed by atoms with Crippen molar-refractivity contribution < 1.29 is 19.4 Å². The van der Waals surface area contributed by atoms with E-state index in [9.17, 15) is 14.7 Å². The highest BCUT2D eigenvalue weighted by Crippen LogP contribution is 2.09. The molecular formula is C19H29NO4. The molecule has 1 amide bonds. The largest absolute Gasteiger partial charge is 0.480 e. The predicted molar refractivity (Wildman–Crippen MR) is 93.7 cm³/mol. The fourth-order valence-electron chi connectivity index (χ4n) is 2.46. The summed E-state index contributed by atoms with van der Waals surface area (Å²) in [5.41, 5.74) is 0.979. The number of carbonyl (C=O) groups excluding carboxylic acids is 1. The summed E-state index contributed by atoms with van der Waals surface area (Å²) in [5, 5.41) is 11.8. The van der Waals surface area contributed by atoms with Crippen molar-refractivity contribution in [2.75, 3.05) is 6.61 Å². The summed E-state index contributed by atoms with van der Waals surface area (Å²) in [6.07, 6.45) is 7.00. The van der Waals surface area contributed by atoms with Gasteiger partial charge in [0, 0.05) is 0 Å². The lowest BCUT2D eigenvalue weighted by atomic mass is 10.1. The van der Waals surface area contributed by atoms with Gasteiger partial charge in [-0.05, 0) is 12.0 Å². The first-order chi connectivity index (χ1) is 11.6. The first-order valence-electron chi connectivity index (χ1n) is 8.77. The lowest BCUT2D eigenvalue weighted by molar-refractivity contribution is -0.142.